The highest BCUT2D eigenvalue weighted by Crippen LogP contribution is 2.48. The van der Waals surface area contributed by atoms with Gasteiger partial charge < -0.3 is 10.1 Å². The maximum Gasteiger partial charge on any atom is 0.155 e. The molecule has 0 saturated heterocycles. The minimum Gasteiger partial charge on any atom is -0.383 e. The summed E-state index contributed by atoms with van der Waals surface area (Å²) in [6.45, 7) is 7.78. The van der Waals surface area contributed by atoms with Crippen LogP contribution in [0.25, 0.3) is 0 Å². The van der Waals surface area contributed by atoms with Crippen LogP contribution >= 0.6 is 0 Å². The van der Waals surface area contributed by atoms with Crippen LogP contribution in [0.1, 0.15) is 40.0 Å². The highest BCUT2D eigenvalue weighted by molar-refractivity contribution is 7.92. The fraction of sp³-hybridized carbons (Fsp3) is 1.00. The van der Waals surface area contributed by atoms with Gasteiger partial charge in [-0.3, -0.25) is 0 Å². The molecule has 0 aliphatic heterocycles. The molecule has 0 aromatic carbocycles. The number of rotatable bonds is 8. The second-order valence-corrected chi connectivity index (χ2v) is 9.21. The Morgan fingerprint density at radius 2 is 1.89 bits per heavy atom. The van der Waals surface area contributed by atoms with Crippen molar-refractivity contribution in [3.05, 3.63) is 0 Å². The number of hydrogen-bond donors (Lipinski definition) is 1. The van der Waals surface area contributed by atoms with Crippen LogP contribution in [0.4, 0.5) is 0 Å². The van der Waals surface area contributed by atoms with Gasteiger partial charge in [-0.25, -0.2) is 8.42 Å². The van der Waals surface area contributed by atoms with E-state index in [4.69, 9.17) is 4.74 Å². The molecule has 0 heterocycles. The SMILES string of the molecule is COCCNCC1(CCS(=O)(=O)C(C)(C)C)CC1. The summed E-state index contributed by atoms with van der Waals surface area (Å²) >= 11 is 0. The first-order valence-corrected chi connectivity index (χ1v) is 8.30. The number of ether oxygens (including phenoxy) is 1. The van der Waals surface area contributed by atoms with E-state index in [0.717, 1.165) is 32.4 Å². The number of hydrogen-bond acceptors (Lipinski definition) is 4. The van der Waals surface area contributed by atoms with Crippen LogP contribution in [0.3, 0.4) is 0 Å². The lowest BCUT2D eigenvalue weighted by Gasteiger charge is -2.22. The highest BCUT2D eigenvalue weighted by atomic mass is 32.2. The molecule has 0 unspecified atom stereocenters. The van der Waals surface area contributed by atoms with Crippen LogP contribution in [0, 0.1) is 5.41 Å². The maximum absolute atomic E-state index is 12.1. The van der Waals surface area contributed by atoms with Gasteiger partial charge >= 0.3 is 0 Å². The molecule has 1 fully saturated rings. The van der Waals surface area contributed by atoms with Crippen molar-refractivity contribution in [2.45, 2.75) is 44.8 Å². The number of nitrogens with one attached hydrogen (secondary N) is 1. The van der Waals surface area contributed by atoms with Crippen LogP contribution in [-0.4, -0.2) is 45.7 Å². The van der Waals surface area contributed by atoms with Gasteiger partial charge in [0.25, 0.3) is 0 Å². The van der Waals surface area contributed by atoms with E-state index in [0.29, 0.717) is 12.4 Å². The van der Waals surface area contributed by atoms with Gasteiger partial charge in [0.15, 0.2) is 9.84 Å². The molecule has 1 aliphatic carbocycles. The normalized spacial score (nSPS) is 18.9. The second kappa shape index (κ2) is 5.88. The molecule has 1 saturated carbocycles. The molecule has 0 bridgehead atoms. The van der Waals surface area contributed by atoms with E-state index in [2.05, 4.69) is 5.32 Å². The fourth-order valence-corrected chi connectivity index (χ4v) is 3.19. The largest absolute Gasteiger partial charge is 0.383 e. The average molecular weight is 277 g/mol. The molecule has 0 spiro atoms. The minimum atomic E-state index is -2.98. The predicted octanol–water partition coefficient (Wildman–Crippen LogP) is 1.61. The van der Waals surface area contributed by atoms with E-state index in [1.807, 2.05) is 0 Å². The molecule has 0 atom stereocenters. The molecule has 0 aromatic rings. The van der Waals surface area contributed by atoms with Gasteiger partial charge in [-0.15, -0.1) is 0 Å². The first-order valence-electron chi connectivity index (χ1n) is 6.64. The first-order chi connectivity index (χ1) is 8.22. The molecule has 5 heteroatoms. The van der Waals surface area contributed by atoms with Gasteiger partial charge in [-0.05, 0) is 45.4 Å². The molecule has 4 nitrogen and oxygen atoms in total. The fourth-order valence-electron chi connectivity index (χ4n) is 1.88. The summed E-state index contributed by atoms with van der Waals surface area (Å²) in [6, 6.07) is 0. The van der Waals surface area contributed by atoms with E-state index >= 15 is 0 Å². The van der Waals surface area contributed by atoms with E-state index in [1.165, 1.54) is 0 Å². The van der Waals surface area contributed by atoms with Crippen molar-refractivity contribution >= 4 is 9.84 Å². The minimum absolute atomic E-state index is 0.228. The standard InChI is InChI=1S/C13H27NO3S/c1-12(2,3)18(15,16)10-7-13(5-6-13)11-14-8-9-17-4/h14H,5-11H2,1-4H3. The molecule has 1 N–H and O–H groups in total. The van der Waals surface area contributed by atoms with E-state index in [-0.39, 0.29) is 5.41 Å². The van der Waals surface area contributed by atoms with Crippen molar-refractivity contribution in [3.63, 3.8) is 0 Å². The molecule has 0 aromatic heterocycles. The highest BCUT2D eigenvalue weighted by Gasteiger charge is 2.43. The van der Waals surface area contributed by atoms with Gasteiger partial charge in [0.1, 0.15) is 0 Å². The Bertz CT molecular complexity index is 353. The summed E-state index contributed by atoms with van der Waals surface area (Å²) in [4.78, 5) is 0. The van der Waals surface area contributed by atoms with Gasteiger partial charge in [0.05, 0.1) is 17.1 Å². The zero-order chi connectivity index (χ0) is 13.9. The summed E-state index contributed by atoms with van der Waals surface area (Å²) in [5.41, 5.74) is 0.228. The Hall–Kier alpha value is -0.130. The zero-order valence-electron chi connectivity index (χ0n) is 12.1. The summed E-state index contributed by atoms with van der Waals surface area (Å²) in [7, 11) is -1.29. The molecular weight excluding hydrogens is 250 g/mol. The van der Waals surface area contributed by atoms with Crippen molar-refractivity contribution < 1.29 is 13.2 Å². The molecule has 108 valence electrons. The van der Waals surface area contributed by atoms with Crippen molar-refractivity contribution in [1.82, 2.24) is 5.32 Å². The lowest BCUT2D eigenvalue weighted by molar-refractivity contribution is 0.197. The van der Waals surface area contributed by atoms with Gasteiger partial charge in [-0.1, -0.05) is 0 Å². The molecule has 0 amide bonds. The van der Waals surface area contributed by atoms with Crippen molar-refractivity contribution in [2.75, 3.05) is 32.6 Å². The second-order valence-electron chi connectivity index (χ2n) is 6.35. The third-order valence-corrected chi connectivity index (χ3v) is 6.38. The Morgan fingerprint density at radius 1 is 1.28 bits per heavy atom. The molecule has 18 heavy (non-hydrogen) atoms. The van der Waals surface area contributed by atoms with Crippen molar-refractivity contribution in [2.24, 2.45) is 5.41 Å². The lowest BCUT2D eigenvalue weighted by atomic mass is 10.0. The molecular formula is C13H27NO3S. The van der Waals surface area contributed by atoms with E-state index in [9.17, 15) is 8.42 Å². The van der Waals surface area contributed by atoms with Crippen LogP contribution in [0.5, 0.6) is 0 Å². The van der Waals surface area contributed by atoms with Crippen molar-refractivity contribution in [1.29, 1.82) is 0 Å². The zero-order valence-corrected chi connectivity index (χ0v) is 12.9. The lowest BCUT2D eigenvalue weighted by Crippen LogP contribution is -2.33. The Balaban J connectivity index is 2.35. The number of sulfone groups is 1. The van der Waals surface area contributed by atoms with Gasteiger partial charge in [-0.2, -0.15) is 0 Å². The average Bonchev–Trinajstić information content (AvgIpc) is 3.01. The van der Waals surface area contributed by atoms with Gasteiger partial charge in [0.2, 0.25) is 0 Å². The van der Waals surface area contributed by atoms with Crippen LogP contribution in [-0.2, 0) is 14.6 Å². The predicted molar refractivity (Wildman–Crippen MR) is 74.6 cm³/mol. The smallest absolute Gasteiger partial charge is 0.155 e. The molecule has 0 radical (unpaired) electrons. The monoisotopic (exact) mass is 277 g/mol. The Labute approximate surface area is 111 Å². The summed E-state index contributed by atoms with van der Waals surface area (Å²) in [5, 5.41) is 3.34. The van der Waals surface area contributed by atoms with E-state index in [1.54, 1.807) is 27.9 Å². The Morgan fingerprint density at radius 3 is 2.33 bits per heavy atom. The van der Waals surface area contributed by atoms with Crippen LogP contribution in [0.15, 0.2) is 0 Å². The van der Waals surface area contributed by atoms with Crippen molar-refractivity contribution in [3.8, 4) is 0 Å². The van der Waals surface area contributed by atoms with Gasteiger partial charge in [0, 0.05) is 20.2 Å². The van der Waals surface area contributed by atoms with Crippen LogP contribution < -0.4 is 5.32 Å². The third-order valence-electron chi connectivity index (χ3n) is 3.77. The number of methoxy groups -OCH3 is 1. The van der Waals surface area contributed by atoms with Crippen LogP contribution in [0.2, 0.25) is 0 Å². The summed E-state index contributed by atoms with van der Waals surface area (Å²) < 4.78 is 28.5. The summed E-state index contributed by atoms with van der Waals surface area (Å²) in [6.07, 6.45) is 3.08. The first kappa shape index (κ1) is 15.9. The quantitative estimate of drug-likeness (QED) is 0.685. The maximum atomic E-state index is 12.1. The topological polar surface area (TPSA) is 55.4 Å². The Kier molecular flexibility index (Phi) is 5.21. The summed E-state index contributed by atoms with van der Waals surface area (Å²) in [5.74, 6) is 0.308. The third kappa shape index (κ3) is 4.52. The van der Waals surface area contributed by atoms with E-state index < -0.39 is 14.6 Å². The molecule has 1 aliphatic rings. The molecule has 1 rings (SSSR count).